The van der Waals surface area contributed by atoms with Gasteiger partial charge in [-0.25, -0.2) is 9.97 Å². The summed E-state index contributed by atoms with van der Waals surface area (Å²) < 4.78 is 0. The molecule has 0 saturated heterocycles. The first-order valence-electron chi connectivity index (χ1n) is 9.43. The van der Waals surface area contributed by atoms with E-state index >= 15 is 0 Å². The minimum absolute atomic E-state index is 0.427. The lowest BCUT2D eigenvalue weighted by molar-refractivity contribution is 0.100. The third-order valence-corrected chi connectivity index (χ3v) is 6.06. The molecule has 1 aliphatic heterocycles. The molecule has 0 fully saturated rings. The first-order valence-corrected chi connectivity index (χ1v) is 10.3. The number of nitrogens with one attached hydrogen (secondary N) is 2. The largest absolute Gasteiger partial charge is 0.380 e. The van der Waals surface area contributed by atoms with Crippen LogP contribution in [0.2, 0.25) is 0 Å². The van der Waals surface area contributed by atoms with Crippen LogP contribution in [-0.4, -0.2) is 22.4 Å². The zero-order chi connectivity index (χ0) is 19.8. The molecule has 144 valence electrons. The zero-order valence-electron chi connectivity index (χ0n) is 15.6. The number of thiophene rings is 1. The topological polar surface area (TPSA) is 92.9 Å². The predicted octanol–water partition coefficient (Wildman–Crippen LogP) is 4.04. The molecule has 5 rings (SSSR count). The van der Waals surface area contributed by atoms with E-state index in [-0.39, 0.29) is 0 Å². The highest BCUT2D eigenvalue weighted by atomic mass is 32.1. The highest BCUT2D eigenvalue weighted by Crippen LogP contribution is 2.38. The van der Waals surface area contributed by atoms with Gasteiger partial charge in [0.2, 0.25) is 5.91 Å². The number of hydrogen-bond acceptors (Lipinski definition) is 6. The fourth-order valence-corrected chi connectivity index (χ4v) is 4.64. The van der Waals surface area contributed by atoms with Crippen molar-refractivity contribution in [3.05, 3.63) is 70.7 Å². The summed E-state index contributed by atoms with van der Waals surface area (Å²) >= 11 is 1.54. The van der Waals surface area contributed by atoms with Gasteiger partial charge in [0.1, 0.15) is 0 Å². The molecule has 2 aromatic carbocycles. The molecule has 0 spiro atoms. The van der Waals surface area contributed by atoms with Crippen LogP contribution in [0.4, 0.5) is 11.5 Å². The molecule has 6 nitrogen and oxygen atoms in total. The number of rotatable bonds is 5. The van der Waals surface area contributed by atoms with Crippen LogP contribution in [0.25, 0.3) is 21.5 Å². The molecule has 0 saturated carbocycles. The Morgan fingerprint density at radius 3 is 2.79 bits per heavy atom. The normalized spacial score (nSPS) is 12.6. The summed E-state index contributed by atoms with van der Waals surface area (Å²) in [5.41, 5.74) is 9.23. The van der Waals surface area contributed by atoms with Crippen molar-refractivity contribution in [2.24, 2.45) is 5.73 Å². The third kappa shape index (κ3) is 3.19. The zero-order valence-corrected chi connectivity index (χ0v) is 16.4. The van der Waals surface area contributed by atoms with Crippen molar-refractivity contribution < 1.29 is 4.79 Å². The van der Waals surface area contributed by atoms with E-state index in [1.165, 1.54) is 16.9 Å². The van der Waals surface area contributed by atoms with Crippen molar-refractivity contribution in [3.63, 3.8) is 0 Å². The van der Waals surface area contributed by atoms with Crippen LogP contribution in [0.3, 0.4) is 0 Å². The van der Waals surface area contributed by atoms with Gasteiger partial charge < -0.3 is 16.4 Å². The van der Waals surface area contributed by atoms with E-state index in [0.29, 0.717) is 17.9 Å². The van der Waals surface area contributed by atoms with Gasteiger partial charge in [0.15, 0.2) is 11.6 Å². The Kier molecular flexibility index (Phi) is 4.37. The van der Waals surface area contributed by atoms with Crippen molar-refractivity contribution in [3.8, 4) is 10.7 Å². The smallest absolute Gasteiger partial charge is 0.249 e. The molecule has 0 atom stereocenters. The maximum absolute atomic E-state index is 11.8. The molecule has 0 aliphatic carbocycles. The summed E-state index contributed by atoms with van der Waals surface area (Å²) in [4.78, 5) is 22.4. The van der Waals surface area contributed by atoms with Crippen LogP contribution in [0.15, 0.2) is 53.9 Å². The van der Waals surface area contributed by atoms with Crippen molar-refractivity contribution in [2.75, 3.05) is 17.2 Å². The van der Waals surface area contributed by atoms with E-state index in [1.807, 2.05) is 35.7 Å². The van der Waals surface area contributed by atoms with Crippen LogP contribution in [-0.2, 0) is 13.0 Å². The van der Waals surface area contributed by atoms with Gasteiger partial charge in [0, 0.05) is 41.2 Å². The number of benzene rings is 2. The Morgan fingerprint density at radius 1 is 1.10 bits per heavy atom. The summed E-state index contributed by atoms with van der Waals surface area (Å²) in [6, 6.07) is 15.8. The maximum atomic E-state index is 11.8. The number of nitrogens with zero attached hydrogens (tertiary/aromatic N) is 2. The highest BCUT2D eigenvalue weighted by Gasteiger charge is 2.21. The fourth-order valence-electron chi connectivity index (χ4n) is 3.65. The minimum atomic E-state index is -0.427. The molecular formula is C22H19N5OS. The molecule has 4 N–H and O–H groups in total. The Bertz CT molecular complexity index is 1220. The Labute approximate surface area is 171 Å². The number of fused-ring (bicyclic) bond motifs is 2. The fraction of sp³-hybridized carbons (Fsp3) is 0.136. The number of anilines is 2. The van der Waals surface area contributed by atoms with Crippen molar-refractivity contribution in [1.29, 1.82) is 0 Å². The Balaban J connectivity index is 1.57. The number of nitrogens with two attached hydrogens (primary N) is 1. The molecular weight excluding hydrogens is 382 g/mol. The van der Waals surface area contributed by atoms with Crippen molar-refractivity contribution >= 4 is 39.5 Å². The average Bonchev–Trinajstić information content (AvgIpc) is 3.39. The van der Waals surface area contributed by atoms with Crippen LogP contribution >= 0.6 is 11.3 Å². The molecule has 0 unspecified atom stereocenters. The predicted molar refractivity (Wildman–Crippen MR) is 117 cm³/mol. The van der Waals surface area contributed by atoms with Crippen LogP contribution < -0.4 is 16.4 Å². The van der Waals surface area contributed by atoms with Gasteiger partial charge in [0.25, 0.3) is 0 Å². The second-order valence-corrected chi connectivity index (χ2v) is 7.81. The number of carbonyl (C=O) groups excluding carboxylic acids is 1. The van der Waals surface area contributed by atoms with Gasteiger partial charge in [-0.05, 0) is 11.6 Å². The number of amides is 1. The van der Waals surface area contributed by atoms with E-state index in [0.717, 1.165) is 45.8 Å². The SMILES string of the molecule is NC(=O)c1cccc2c(-c3nc4c(c(NCc5ccccc5)n3)NCC4)scc12. The van der Waals surface area contributed by atoms with Crippen LogP contribution in [0, 0.1) is 0 Å². The summed E-state index contributed by atoms with van der Waals surface area (Å²) in [6.45, 7) is 1.53. The lowest BCUT2D eigenvalue weighted by atomic mass is 10.1. The summed E-state index contributed by atoms with van der Waals surface area (Å²) in [5, 5.41) is 10.6. The number of hydrogen-bond donors (Lipinski definition) is 3. The minimum Gasteiger partial charge on any atom is -0.380 e. The molecule has 1 amide bonds. The molecule has 7 heteroatoms. The average molecular weight is 401 g/mol. The quantitative estimate of drug-likeness (QED) is 0.469. The molecule has 29 heavy (non-hydrogen) atoms. The first kappa shape index (κ1) is 17.6. The van der Waals surface area contributed by atoms with E-state index in [1.54, 1.807) is 6.07 Å². The molecule has 3 heterocycles. The standard InChI is InChI=1S/C22H19N5OS/c23-20(28)15-8-4-7-14-16(15)12-29-19(14)22-26-17-9-10-24-18(17)21(27-22)25-11-13-5-2-1-3-6-13/h1-8,12,24H,9-11H2,(H2,23,28)(H,25,26,27). The summed E-state index contributed by atoms with van der Waals surface area (Å²) in [5.74, 6) is 1.05. The molecule has 0 bridgehead atoms. The third-order valence-electron chi connectivity index (χ3n) is 5.06. The van der Waals surface area contributed by atoms with Crippen molar-refractivity contribution in [1.82, 2.24) is 9.97 Å². The van der Waals surface area contributed by atoms with Gasteiger partial charge in [-0.15, -0.1) is 11.3 Å². The van der Waals surface area contributed by atoms with Gasteiger partial charge in [-0.2, -0.15) is 0 Å². The number of primary amides is 1. The lowest BCUT2D eigenvalue weighted by Crippen LogP contribution is -2.10. The number of aromatic nitrogens is 2. The number of carbonyl (C=O) groups is 1. The Morgan fingerprint density at radius 2 is 1.97 bits per heavy atom. The van der Waals surface area contributed by atoms with Gasteiger partial charge in [0.05, 0.1) is 16.3 Å². The van der Waals surface area contributed by atoms with Gasteiger partial charge in [-0.1, -0.05) is 42.5 Å². The summed E-state index contributed by atoms with van der Waals surface area (Å²) in [6.07, 6.45) is 0.862. The van der Waals surface area contributed by atoms with Crippen LogP contribution in [0.1, 0.15) is 21.6 Å². The van der Waals surface area contributed by atoms with Crippen molar-refractivity contribution in [2.45, 2.75) is 13.0 Å². The second-order valence-electron chi connectivity index (χ2n) is 6.93. The molecule has 0 radical (unpaired) electrons. The van der Waals surface area contributed by atoms with E-state index in [4.69, 9.17) is 15.7 Å². The van der Waals surface area contributed by atoms with Gasteiger partial charge in [-0.3, -0.25) is 4.79 Å². The maximum Gasteiger partial charge on any atom is 0.249 e. The monoisotopic (exact) mass is 401 g/mol. The van der Waals surface area contributed by atoms with E-state index in [9.17, 15) is 4.79 Å². The molecule has 1 aliphatic rings. The molecule has 4 aromatic rings. The molecule has 2 aromatic heterocycles. The van der Waals surface area contributed by atoms with Crippen LogP contribution in [0.5, 0.6) is 0 Å². The lowest BCUT2D eigenvalue weighted by Gasteiger charge is -2.12. The van der Waals surface area contributed by atoms with E-state index < -0.39 is 5.91 Å². The summed E-state index contributed by atoms with van der Waals surface area (Å²) in [7, 11) is 0. The second kappa shape index (κ2) is 7.18. The van der Waals surface area contributed by atoms with E-state index in [2.05, 4.69) is 22.8 Å². The first-order chi connectivity index (χ1) is 14.2. The Hall–Kier alpha value is -3.45. The van der Waals surface area contributed by atoms with Gasteiger partial charge >= 0.3 is 0 Å². The highest BCUT2D eigenvalue weighted by molar-refractivity contribution is 7.15.